The Morgan fingerprint density at radius 3 is 2.74 bits per heavy atom. The molecule has 4 rings (SSSR count). The molecule has 1 amide bonds. The van der Waals surface area contributed by atoms with Gasteiger partial charge in [-0.1, -0.05) is 47.5 Å². The zero-order valence-corrected chi connectivity index (χ0v) is 15.7. The van der Waals surface area contributed by atoms with E-state index in [1.807, 2.05) is 31.3 Å². The van der Waals surface area contributed by atoms with Crippen molar-refractivity contribution in [2.45, 2.75) is 6.54 Å². The monoisotopic (exact) mass is 400 g/mol. The molecule has 7 nitrogen and oxygen atoms in total. The normalized spacial score (nSPS) is 11.2. The van der Waals surface area contributed by atoms with Crippen molar-refractivity contribution < 1.29 is 4.79 Å². The van der Waals surface area contributed by atoms with Crippen molar-refractivity contribution in [2.75, 3.05) is 0 Å². The number of carbonyl (C=O) groups is 1. The largest absolute Gasteiger partial charge is 0.363 e. The fraction of sp³-hybridized carbons (Fsp3) is 0.111. The van der Waals surface area contributed by atoms with Gasteiger partial charge in [-0.2, -0.15) is 10.2 Å². The molecule has 0 aliphatic heterocycles. The van der Waals surface area contributed by atoms with Crippen molar-refractivity contribution in [3.8, 4) is 11.1 Å². The number of halogens is 2. The summed E-state index contributed by atoms with van der Waals surface area (Å²) >= 11 is 12.4. The molecule has 0 fully saturated rings. The van der Waals surface area contributed by atoms with Crippen LogP contribution in [0.2, 0.25) is 10.0 Å². The first-order valence-corrected chi connectivity index (χ1v) is 8.79. The SMILES string of the molecule is Cn1nc2c(-c3ccc(Cl)cc3Cl)cccc2c1Cn1ncnc1C(N)=O. The Bertz CT molecular complexity index is 1180. The number of hydrogen-bond acceptors (Lipinski definition) is 4. The first-order valence-electron chi connectivity index (χ1n) is 8.03. The standard InChI is InChI=1S/C18H14Cl2N6O/c1-25-15(8-26-18(17(21)27)22-9-23-26)13-4-2-3-12(16(13)24-25)11-6-5-10(19)7-14(11)20/h2-7,9H,8H2,1H3,(H2,21,27). The van der Waals surface area contributed by atoms with Gasteiger partial charge in [0, 0.05) is 33.6 Å². The van der Waals surface area contributed by atoms with Crippen LogP contribution in [0.25, 0.3) is 22.0 Å². The minimum Gasteiger partial charge on any atom is -0.363 e. The van der Waals surface area contributed by atoms with Crippen LogP contribution in [-0.4, -0.2) is 30.5 Å². The van der Waals surface area contributed by atoms with Gasteiger partial charge in [0.1, 0.15) is 11.8 Å². The van der Waals surface area contributed by atoms with Crippen molar-refractivity contribution in [2.24, 2.45) is 12.8 Å². The molecule has 0 saturated carbocycles. The fourth-order valence-corrected chi connectivity index (χ4v) is 3.60. The molecule has 0 aliphatic rings. The molecule has 0 saturated heterocycles. The topological polar surface area (TPSA) is 91.6 Å². The van der Waals surface area contributed by atoms with E-state index in [0.29, 0.717) is 16.6 Å². The third-order valence-corrected chi connectivity index (χ3v) is 4.89. The van der Waals surface area contributed by atoms with E-state index in [1.165, 1.54) is 11.0 Å². The quantitative estimate of drug-likeness (QED) is 0.568. The van der Waals surface area contributed by atoms with Crippen LogP contribution in [0.3, 0.4) is 0 Å². The molecule has 0 bridgehead atoms. The lowest BCUT2D eigenvalue weighted by molar-refractivity contribution is 0.0985. The van der Waals surface area contributed by atoms with E-state index in [-0.39, 0.29) is 5.82 Å². The van der Waals surface area contributed by atoms with Gasteiger partial charge in [0.05, 0.1) is 12.2 Å². The number of aromatic nitrogens is 5. The Morgan fingerprint density at radius 2 is 2.00 bits per heavy atom. The molecule has 27 heavy (non-hydrogen) atoms. The second-order valence-electron chi connectivity index (χ2n) is 6.00. The summed E-state index contributed by atoms with van der Waals surface area (Å²) < 4.78 is 3.21. The number of nitrogens with zero attached hydrogens (tertiary/aromatic N) is 5. The first-order chi connectivity index (χ1) is 13.0. The summed E-state index contributed by atoms with van der Waals surface area (Å²) in [5.74, 6) is -0.533. The summed E-state index contributed by atoms with van der Waals surface area (Å²) in [6.07, 6.45) is 1.30. The maximum atomic E-state index is 11.5. The van der Waals surface area contributed by atoms with Gasteiger partial charge in [0.15, 0.2) is 0 Å². The van der Waals surface area contributed by atoms with E-state index in [9.17, 15) is 4.79 Å². The number of rotatable bonds is 4. The molecule has 9 heteroatoms. The minimum absolute atomic E-state index is 0.0984. The van der Waals surface area contributed by atoms with Gasteiger partial charge in [-0.15, -0.1) is 0 Å². The highest BCUT2D eigenvalue weighted by atomic mass is 35.5. The molecule has 136 valence electrons. The van der Waals surface area contributed by atoms with Crippen molar-refractivity contribution in [3.05, 3.63) is 64.3 Å². The van der Waals surface area contributed by atoms with Crippen LogP contribution in [0.1, 0.15) is 16.3 Å². The van der Waals surface area contributed by atoms with Crippen molar-refractivity contribution in [3.63, 3.8) is 0 Å². The number of benzene rings is 2. The number of primary amides is 1. The van der Waals surface area contributed by atoms with Crippen LogP contribution in [0.4, 0.5) is 0 Å². The van der Waals surface area contributed by atoms with Gasteiger partial charge < -0.3 is 5.73 Å². The lowest BCUT2D eigenvalue weighted by Crippen LogP contribution is -2.20. The molecular weight excluding hydrogens is 387 g/mol. The van der Waals surface area contributed by atoms with Crippen molar-refractivity contribution >= 4 is 40.0 Å². The molecule has 0 atom stereocenters. The summed E-state index contributed by atoms with van der Waals surface area (Å²) in [5.41, 5.74) is 8.75. The molecule has 2 N–H and O–H groups in total. The molecular formula is C18H14Cl2N6O. The lowest BCUT2D eigenvalue weighted by atomic mass is 10.0. The Hall–Kier alpha value is -2.90. The average Bonchev–Trinajstić information content (AvgIpc) is 3.20. The van der Waals surface area contributed by atoms with Crippen molar-refractivity contribution in [1.29, 1.82) is 0 Å². The predicted molar refractivity (Wildman–Crippen MR) is 104 cm³/mol. The van der Waals surface area contributed by atoms with E-state index < -0.39 is 5.91 Å². The van der Waals surface area contributed by atoms with Crippen LogP contribution in [0, 0.1) is 0 Å². The highest BCUT2D eigenvalue weighted by molar-refractivity contribution is 6.36. The van der Waals surface area contributed by atoms with E-state index in [4.69, 9.17) is 28.9 Å². The van der Waals surface area contributed by atoms with Gasteiger partial charge in [0.25, 0.3) is 5.91 Å². The predicted octanol–water partition coefficient (Wildman–Crippen LogP) is 3.29. The third-order valence-electron chi connectivity index (χ3n) is 4.34. The summed E-state index contributed by atoms with van der Waals surface area (Å²) in [6, 6.07) is 11.2. The summed E-state index contributed by atoms with van der Waals surface area (Å²) in [7, 11) is 1.84. The number of nitrogens with two attached hydrogens (primary N) is 1. The number of amides is 1. The highest BCUT2D eigenvalue weighted by Gasteiger charge is 2.18. The second kappa shape index (κ2) is 6.68. The Morgan fingerprint density at radius 1 is 1.19 bits per heavy atom. The highest BCUT2D eigenvalue weighted by Crippen LogP contribution is 2.35. The third kappa shape index (κ3) is 3.05. The van der Waals surface area contributed by atoms with E-state index >= 15 is 0 Å². The zero-order chi connectivity index (χ0) is 19.1. The summed E-state index contributed by atoms with van der Waals surface area (Å²) in [4.78, 5) is 15.4. The molecule has 0 spiro atoms. The second-order valence-corrected chi connectivity index (χ2v) is 6.85. The molecule has 2 aromatic carbocycles. The Labute approximate surface area is 164 Å². The van der Waals surface area contributed by atoms with Gasteiger partial charge >= 0.3 is 0 Å². The van der Waals surface area contributed by atoms with E-state index in [1.54, 1.807) is 16.8 Å². The number of hydrogen-bond donors (Lipinski definition) is 1. The maximum Gasteiger partial charge on any atom is 0.286 e. The first kappa shape index (κ1) is 17.5. The molecule has 2 heterocycles. The van der Waals surface area contributed by atoms with Gasteiger partial charge in [-0.05, 0) is 12.1 Å². The lowest BCUT2D eigenvalue weighted by Gasteiger charge is -2.07. The molecule has 2 aromatic heterocycles. The van der Waals surface area contributed by atoms with Gasteiger partial charge in [0.2, 0.25) is 5.82 Å². The summed E-state index contributed by atoms with van der Waals surface area (Å²) in [6.45, 7) is 0.309. The minimum atomic E-state index is -0.632. The fourth-order valence-electron chi connectivity index (χ4n) is 3.09. The molecule has 0 aliphatic carbocycles. The van der Waals surface area contributed by atoms with Crippen LogP contribution >= 0.6 is 23.2 Å². The molecule has 0 radical (unpaired) electrons. The Balaban J connectivity index is 1.86. The van der Waals surface area contributed by atoms with Gasteiger partial charge in [-0.25, -0.2) is 9.67 Å². The van der Waals surface area contributed by atoms with E-state index in [2.05, 4.69) is 15.2 Å². The van der Waals surface area contributed by atoms with Crippen LogP contribution in [-0.2, 0) is 13.6 Å². The van der Waals surface area contributed by atoms with Crippen LogP contribution in [0.15, 0.2) is 42.7 Å². The van der Waals surface area contributed by atoms with Crippen LogP contribution in [0.5, 0.6) is 0 Å². The van der Waals surface area contributed by atoms with Gasteiger partial charge in [-0.3, -0.25) is 9.48 Å². The Kier molecular flexibility index (Phi) is 4.33. The smallest absolute Gasteiger partial charge is 0.286 e. The molecule has 4 aromatic rings. The zero-order valence-electron chi connectivity index (χ0n) is 14.2. The molecule has 0 unspecified atom stereocenters. The summed E-state index contributed by atoms with van der Waals surface area (Å²) in [5, 5.41) is 10.8. The number of aryl methyl sites for hydroxylation is 1. The van der Waals surface area contributed by atoms with Crippen LogP contribution < -0.4 is 5.73 Å². The van der Waals surface area contributed by atoms with Crippen molar-refractivity contribution in [1.82, 2.24) is 24.5 Å². The average molecular weight is 401 g/mol. The number of carbonyl (C=O) groups excluding carboxylic acids is 1. The van der Waals surface area contributed by atoms with E-state index in [0.717, 1.165) is 27.7 Å². The number of fused-ring (bicyclic) bond motifs is 1. The maximum absolute atomic E-state index is 11.5.